The molecule has 3 aliphatic heterocycles. The number of aliphatic carboxylic acids is 3. The van der Waals surface area contributed by atoms with Crippen molar-refractivity contribution < 1.29 is 92.0 Å². The minimum atomic E-state index is -2.13. The first kappa shape index (κ1) is 78.5. The third kappa shape index (κ3) is 26.0. The summed E-state index contributed by atoms with van der Waals surface area (Å²) in [5.41, 5.74) is 11.7. The second kappa shape index (κ2) is 38.9. The summed E-state index contributed by atoms with van der Waals surface area (Å²) in [7, 11) is 0. The van der Waals surface area contributed by atoms with Gasteiger partial charge in [0.25, 0.3) is 0 Å². The van der Waals surface area contributed by atoms with E-state index in [1.54, 1.807) is 19.9 Å². The molecule has 33 heteroatoms. The number of carbonyl (C=O) groups excluding carboxylic acids is 13. The Balaban J connectivity index is 2.14. The lowest BCUT2D eigenvalue weighted by atomic mass is 9.96. The zero-order chi connectivity index (χ0) is 69.8. The van der Waals surface area contributed by atoms with Crippen molar-refractivity contribution in [2.24, 2.45) is 29.2 Å². The molecule has 3 heterocycles. The first-order valence-corrected chi connectivity index (χ1v) is 31.7. The molecule has 93 heavy (non-hydrogen) atoms. The van der Waals surface area contributed by atoms with Gasteiger partial charge in [0.2, 0.25) is 76.8 Å². The van der Waals surface area contributed by atoms with Gasteiger partial charge in [-0.2, -0.15) is 0 Å². The number of primary amides is 1. The Hall–Kier alpha value is -8.78. The third-order valence-electron chi connectivity index (χ3n) is 16.4. The van der Waals surface area contributed by atoms with E-state index in [2.05, 4.69) is 56.4 Å². The van der Waals surface area contributed by atoms with E-state index in [-0.39, 0.29) is 51.6 Å². The van der Waals surface area contributed by atoms with Crippen LogP contribution in [-0.2, 0) is 76.7 Å². The molecule has 13 atom stereocenters. The van der Waals surface area contributed by atoms with Gasteiger partial charge in [0.15, 0.2) is 0 Å². The maximum atomic E-state index is 15.3. The molecule has 0 bridgehead atoms. The highest BCUT2D eigenvalue weighted by Gasteiger charge is 2.45. The van der Waals surface area contributed by atoms with Crippen molar-refractivity contribution in [3.05, 3.63) is 12.2 Å². The molecule has 33 nitrogen and oxygen atoms in total. The van der Waals surface area contributed by atoms with Gasteiger partial charge < -0.3 is 89.8 Å². The maximum absolute atomic E-state index is 15.3. The van der Waals surface area contributed by atoms with Gasteiger partial charge in [-0.05, 0) is 77.6 Å². The lowest BCUT2D eigenvalue weighted by molar-refractivity contribution is -0.149. The Labute approximate surface area is 539 Å². The molecule has 0 aliphatic carbocycles. The molecule has 3 rings (SSSR count). The number of rotatable bonds is 24. The van der Waals surface area contributed by atoms with E-state index in [0.29, 0.717) is 12.3 Å². The molecule has 0 aromatic carbocycles. The average molecular weight is 1320 g/mol. The van der Waals surface area contributed by atoms with Gasteiger partial charge in [-0.3, -0.25) is 76.7 Å². The van der Waals surface area contributed by atoms with E-state index in [0.717, 1.165) is 50.3 Å². The molecule has 0 saturated carbocycles. The molecule has 17 N–H and O–H groups in total. The topological polar surface area (TPSA) is 513 Å². The fourth-order valence-corrected chi connectivity index (χ4v) is 10.7. The van der Waals surface area contributed by atoms with Crippen LogP contribution in [0.5, 0.6) is 0 Å². The summed E-state index contributed by atoms with van der Waals surface area (Å²) < 4.78 is 0. The molecular formula is C60H96N14O19. The van der Waals surface area contributed by atoms with Crippen LogP contribution in [0.15, 0.2) is 12.2 Å². The standard InChI is InChI=1S/C60H96N14O19/c1-8-32(4)20-15-13-11-9-10-12-14-16-23-42(76)66-36(26-41(62)75)53(85)72-50-35(7)65-54(86)40-22-19-25-74(40)58(90)47(31(2)3)70-57(89)49(34(6)61)69-44(78)30-64-51(83)37(27-45(79)80)67-43(77)29-63-52(84)38(28-46(81)82)68-56(88)48(33(5)60(92)93)71-55(87)39-21-17-18-24-73(39)59(50)91/h14,16,31-40,47-50H,8-13,15,17-30,61H2,1-7H3,(H2,62,75)(H,63,84)(H,64,83)(H,65,86)(H,66,76)(H,67,77)(H,68,88)(H,69,78)(H,70,89)(H,71,87)(H,72,85)(H,79,80)(H,81,82)(H,92,93)/b16-14-/t32?,33-,34+,35+,36-,37-,38-,39+,40-,47+,48-,49+,50-/m0/s1. The van der Waals surface area contributed by atoms with E-state index < -0.39 is 205 Å². The second-order valence-electron chi connectivity index (χ2n) is 24.4. The number of amides is 13. The number of nitrogens with two attached hydrogens (primary N) is 2. The molecule has 0 aromatic heterocycles. The van der Waals surface area contributed by atoms with Gasteiger partial charge >= 0.3 is 17.9 Å². The zero-order valence-corrected chi connectivity index (χ0v) is 54.0. The predicted octanol–water partition coefficient (Wildman–Crippen LogP) is -3.23. The van der Waals surface area contributed by atoms with E-state index in [1.807, 2.05) is 16.7 Å². The van der Waals surface area contributed by atoms with E-state index in [1.165, 1.54) is 25.2 Å². The molecule has 0 spiro atoms. The zero-order valence-electron chi connectivity index (χ0n) is 54.0. The van der Waals surface area contributed by atoms with Gasteiger partial charge in [-0.25, -0.2) is 0 Å². The Morgan fingerprint density at radius 1 is 0.613 bits per heavy atom. The number of allylic oxidation sites excluding steroid dienone is 1. The van der Waals surface area contributed by atoms with Crippen molar-refractivity contribution in [1.29, 1.82) is 0 Å². The fourth-order valence-electron chi connectivity index (χ4n) is 10.7. The van der Waals surface area contributed by atoms with Crippen molar-refractivity contribution in [3.63, 3.8) is 0 Å². The number of fused-ring (bicyclic) bond motifs is 2. The van der Waals surface area contributed by atoms with Crippen LogP contribution in [0.1, 0.15) is 158 Å². The van der Waals surface area contributed by atoms with Crippen LogP contribution in [0.4, 0.5) is 0 Å². The SMILES string of the molecule is CCC(C)CCCCCCC/C=C\CC(=O)N[C@@H](CC(N)=O)C(=O)N[C@@H]1C(=O)N2CCCC[C@@H]2C(=O)N[C@@H]([C@H](C)C(=O)O)C(=O)N[C@@H](CC(=O)O)C(=O)NCC(=O)N[C@@H](CC(=O)O)C(=O)NCC(=O)N[C@H]([C@@H](C)N)C(=O)N[C@H](C(C)C)C(=O)N2CCC[C@H]2C(=O)N[C@@H]1C. The normalized spacial score (nSPS) is 25.3. The summed E-state index contributed by atoms with van der Waals surface area (Å²) in [5, 5.41) is 52.6. The first-order chi connectivity index (χ1) is 43.8. The van der Waals surface area contributed by atoms with Crippen molar-refractivity contribution in [2.45, 2.75) is 224 Å². The number of hydrogen-bond donors (Lipinski definition) is 15. The summed E-state index contributed by atoms with van der Waals surface area (Å²) in [6.45, 7) is 8.86. The Bertz CT molecular complexity index is 2740. The highest BCUT2D eigenvalue weighted by Crippen LogP contribution is 2.24. The summed E-state index contributed by atoms with van der Waals surface area (Å²) >= 11 is 0. The predicted molar refractivity (Wildman–Crippen MR) is 330 cm³/mol. The minimum absolute atomic E-state index is 0.0284. The first-order valence-electron chi connectivity index (χ1n) is 31.7. The molecule has 0 aromatic rings. The molecular weight excluding hydrogens is 1220 g/mol. The Morgan fingerprint density at radius 3 is 1.71 bits per heavy atom. The average Bonchev–Trinajstić information content (AvgIpc) is 1.81. The maximum Gasteiger partial charge on any atom is 0.308 e. The summed E-state index contributed by atoms with van der Waals surface area (Å²) in [6, 6.07) is -18.3. The summed E-state index contributed by atoms with van der Waals surface area (Å²) in [5.74, 6) is -21.0. The monoisotopic (exact) mass is 1320 g/mol. The van der Waals surface area contributed by atoms with Gasteiger partial charge in [0, 0.05) is 25.6 Å². The number of hydrogen-bond acceptors (Lipinski definition) is 17. The van der Waals surface area contributed by atoms with Crippen LogP contribution in [0.3, 0.4) is 0 Å². The van der Waals surface area contributed by atoms with Gasteiger partial charge in [-0.1, -0.05) is 78.4 Å². The number of carboxylic acid groups (broad SMARTS) is 3. The van der Waals surface area contributed by atoms with E-state index in [9.17, 15) is 87.2 Å². The fraction of sp³-hybridized carbons (Fsp3) is 0.700. The molecule has 1 unspecified atom stereocenters. The lowest BCUT2D eigenvalue weighted by Gasteiger charge is -2.39. The van der Waals surface area contributed by atoms with Crippen LogP contribution in [0.2, 0.25) is 0 Å². The highest BCUT2D eigenvalue weighted by atomic mass is 16.4. The molecule has 3 aliphatic rings. The molecule has 3 saturated heterocycles. The van der Waals surface area contributed by atoms with Crippen molar-refractivity contribution in [1.82, 2.24) is 63.0 Å². The largest absolute Gasteiger partial charge is 0.481 e. The van der Waals surface area contributed by atoms with Crippen LogP contribution in [0, 0.1) is 17.8 Å². The summed E-state index contributed by atoms with van der Waals surface area (Å²) in [4.78, 5) is 219. The van der Waals surface area contributed by atoms with Gasteiger partial charge in [0.1, 0.15) is 54.4 Å². The van der Waals surface area contributed by atoms with Crippen molar-refractivity contribution >= 4 is 94.7 Å². The Kier molecular flexibility index (Phi) is 32.8. The summed E-state index contributed by atoms with van der Waals surface area (Å²) in [6.07, 6.45) is 8.90. The van der Waals surface area contributed by atoms with Gasteiger partial charge in [0.05, 0.1) is 44.3 Å². The number of piperidine rings is 1. The van der Waals surface area contributed by atoms with Crippen molar-refractivity contribution in [3.8, 4) is 0 Å². The number of carboxylic acids is 3. The minimum Gasteiger partial charge on any atom is -0.481 e. The second-order valence-corrected chi connectivity index (χ2v) is 24.4. The highest BCUT2D eigenvalue weighted by molar-refractivity contribution is 6.01. The molecule has 3 fully saturated rings. The Morgan fingerprint density at radius 2 is 1.14 bits per heavy atom. The quantitative estimate of drug-likeness (QED) is 0.0334. The van der Waals surface area contributed by atoms with Crippen LogP contribution < -0.4 is 64.6 Å². The molecule has 0 radical (unpaired) electrons. The number of nitrogens with zero attached hydrogens (tertiary/aromatic N) is 2. The number of nitrogens with one attached hydrogen (secondary N) is 10. The van der Waals surface area contributed by atoms with Crippen LogP contribution in [0.25, 0.3) is 0 Å². The third-order valence-corrected chi connectivity index (χ3v) is 16.4. The van der Waals surface area contributed by atoms with Crippen LogP contribution in [-0.4, -0.2) is 212 Å². The van der Waals surface area contributed by atoms with Crippen LogP contribution >= 0.6 is 0 Å². The van der Waals surface area contributed by atoms with Gasteiger partial charge in [-0.15, -0.1) is 0 Å². The number of carbonyl (C=O) groups is 16. The molecule has 13 amide bonds. The van der Waals surface area contributed by atoms with E-state index >= 15 is 4.79 Å². The number of unbranched alkanes of at least 4 members (excludes halogenated alkanes) is 5. The lowest BCUT2D eigenvalue weighted by Crippen LogP contribution is -2.66. The smallest absolute Gasteiger partial charge is 0.308 e. The molecule has 520 valence electrons. The van der Waals surface area contributed by atoms with E-state index in [4.69, 9.17) is 11.5 Å². The van der Waals surface area contributed by atoms with Crippen molar-refractivity contribution in [2.75, 3.05) is 26.2 Å².